The van der Waals surface area contributed by atoms with Crippen molar-refractivity contribution in [2.45, 2.75) is 24.2 Å². The van der Waals surface area contributed by atoms with Crippen molar-refractivity contribution in [3.05, 3.63) is 46.4 Å². The molecular formula is C14H19N3O2S2. The molecule has 0 aliphatic carbocycles. The van der Waals surface area contributed by atoms with E-state index in [4.69, 9.17) is 5.73 Å². The molecule has 114 valence electrons. The molecular weight excluding hydrogens is 306 g/mol. The van der Waals surface area contributed by atoms with Gasteiger partial charge < -0.3 is 5.73 Å². The van der Waals surface area contributed by atoms with Crippen molar-refractivity contribution in [2.24, 2.45) is 5.73 Å². The molecule has 1 atom stereocenters. The van der Waals surface area contributed by atoms with Gasteiger partial charge in [-0.25, -0.2) is 18.1 Å². The van der Waals surface area contributed by atoms with E-state index in [0.29, 0.717) is 13.1 Å². The smallest absolute Gasteiger partial charge is 0.240 e. The van der Waals surface area contributed by atoms with Crippen molar-refractivity contribution < 1.29 is 8.42 Å². The minimum atomic E-state index is -3.48. The summed E-state index contributed by atoms with van der Waals surface area (Å²) in [6.07, 6.45) is 2.47. The maximum absolute atomic E-state index is 12.2. The van der Waals surface area contributed by atoms with Crippen LogP contribution in [0.3, 0.4) is 0 Å². The van der Waals surface area contributed by atoms with Crippen molar-refractivity contribution in [1.29, 1.82) is 0 Å². The lowest BCUT2D eigenvalue weighted by Gasteiger charge is -2.11. The summed E-state index contributed by atoms with van der Waals surface area (Å²) in [5.74, 6) is 0.0521. The zero-order valence-corrected chi connectivity index (χ0v) is 13.5. The van der Waals surface area contributed by atoms with Gasteiger partial charge >= 0.3 is 0 Å². The van der Waals surface area contributed by atoms with Crippen molar-refractivity contribution >= 4 is 21.4 Å². The van der Waals surface area contributed by atoms with Crippen LogP contribution in [-0.4, -0.2) is 26.5 Å². The van der Waals surface area contributed by atoms with Gasteiger partial charge in [0.25, 0.3) is 0 Å². The highest BCUT2D eigenvalue weighted by atomic mass is 32.2. The maximum Gasteiger partial charge on any atom is 0.240 e. The summed E-state index contributed by atoms with van der Waals surface area (Å²) in [6.45, 7) is 2.84. The third-order valence-electron chi connectivity index (χ3n) is 3.12. The summed E-state index contributed by atoms with van der Waals surface area (Å²) in [4.78, 5) is 4.47. The fourth-order valence-corrected chi connectivity index (χ4v) is 3.71. The largest absolute Gasteiger partial charge is 0.330 e. The predicted molar refractivity (Wildman–Crippen MR) is 84.9 cm³/mol. The molecule has 2 rings (SSSR count). The molecule has 3 N–H and O–H groups in total. The van der Waals surface area contributed by atoms with Gasteiger partial charge in [0, 0.05) is 24.0 Å². The van der Waals surface area contributed by atoms with E-state index in [9.17, 15) is 8.42 Å². The molecule has 0 spiro atoms. The third kappa shape index (κ3) is 4.34. The molecule has 1 aromatic carbocycles. The van der Waals surface area contributed by atoms with Gasteiger partial charge in [-0.3, -0.25) is 0 Å². The van der Waals surface area contributed by atoms with Crippen LogP contribution in [0, 0.1) is 0 Å². The zero-order chi connectivity index (χ0) is 15.3. The van der Waals surface area contributed by atoms with Crippen LogP contribution >= 0.6 is 11.3 Å². The van der Waals surface area contributed by atoms with Crippen molar-refractivity contribution in [2.75, 3.05) is 13.1 Å². The number of nitrogens with one attached hydrogen (secondary N) is 1. The number of thiazole rings is 1. The van der Waals surface area contributed by atoms with Gasteiger partial charge in [-0.1, -0.05) is 19.1 Å². The van der Waals surface area contributed by atoms with E-state index in [1.54, 1.807) is 30.5 Å². The Hall–Kier alpha value is -1.28. The monoisotopic (exact) mass is 325 g/mol. The summed E-state index contributed by atoms with van der Waals surface area (Å²) in [5.41, 5.74) is 6.51. The van der Waals surface area contributed by atoms with Gasteiger partial charge in [-0.05, 0) is 30.7 Å². The molecule has 0 amide bonds. The van der Waals surface area contributed by atoms with Crippen molar-refractivity contribution in [3.8, 4) is 0 Å². The standard InChI is InChI=1S/C14H19N3O2S2/c1-11(14-16-8-9-20-14)10-17-21(18,19)13-4-2-12(3-5-13)6-7-15/h2-5,8-9,11,17H,6-7,10,15H2,1H3. The Balaban J connectivity index is 2.01. The first kappa shape index (κ1) is 16.1. The van der Waals surface area contributed by atoms with Crippen LogP contribution in [0.15, 0.2) is 40.7 Å². The molecule has 1 heterocycles. The van der Waals surface area contributed by atoms with Crippen molar-refractivity contribution in [1.82, 2.24) is 9.71 Å². The first-order chi connectivity index (χ1) is 10.0. The summed E-state index contributed by atoms with van der Waals surface area (Å²) in [5, 5.41) is 2.81. The molecule has 1 unspecified atom stereocenters. The molecule has 21 heavy (non-hydrogen) atoms. The first-order valence-corrected chi connectivity index (χ1v) is 9.07. The van der Waals surface area contributed by atoms with Gasteiger partial charge in [0.1, 0.15) is 0 Å². The number of hydrogen-bond donors (Lipinski definition) is 2. The van der Waals surface area contributed by atoms with Gasteiger partial charge in [0.05, 0.1) is 9.90 Å². The van der Waals surface area contributed by atoms with Gasteiger partial charge in [0.15, 0.2) is 0 Å². The molecule has 0 radical (unpaired) electrons. The maximum atomic E-state index is 12.2. The van der Waals surface area contributed by atoms with Crippen molar-refractivity contribution in [3.63, 3.8) is 0 Å². The van der Waals surface area contributed by atoms with Crippen LogP contribution < -0.4 is 10.5 Å². The SMILES string of the molecule is CC(CNS(=O)(=O)c1ccc(CCN)cc1)c1nccs1. The topological polar surface area (TPSA) is 85.1 Å². The number of hydrogen-bond acceptors (Lipinski definition) is 5. The quantitative estimate of drug-likeness (QED) is 0.812. The average molecular weight is 325 g/mol. The van der Waals surface area contributed by atoms with Gasteiger partial charge in [0.2, 0.25) is 10.0 Å². The summed E-state index contributed by atoms with van der Waals surface area (Å²) in [7, 11) is -3.48. The fourth-order valence-electron chi connectivity index (χ4n) is 1.89. The Bertz CT molecular complexity index is 652. The minimum Gasteiger partial charge on any atom is -0.330 e. The van der Waals surface area contributed by atoms with Crippen LogP contribution in [0.1, 0.15) is 23.4 Å². The molecule has 0 fully saturated rings. The molecule has 7 heteroatoms. The second-order valence-electron chi connectivity index (χ2n) is 4.81. The summed E-state index contributed by atoms with van der Waals surface area (Å²) >= 11 is 1.53. The summed E-state index contributed by atoms with van der Waals surface area (Å²) in [6, 6.07) is 6.82. The van der Waals surface area contributed by atoms with E-state index >= 15 is 0 Å². The lowest BCUT2D eigenvalue weighted by Crippen LogP contribution is -2.27. The Morgan fingerprint density at radius 2 is 2.05 bits per heavy atom. The second-order valence-corrected chi connectivity index (χ2v) is 7.50. The Kier molecular flexibility index (Phi) is 5.46. The van der Waals surface area contributed by atoms with Gasteiger partial charge in [-0.15, -0.1) is 11.3 Å². The van der Waals surface area contributed by atoms with Crippen LogP contribution in [0.2, 0.25) is 0 Å². The van der Waals surface area contributed by atoms with E-state index in [0.717, 1.165) is 17.0 Å². The normalized spacial score (nSPS) is 13.2. The van der Waals surface area contributed by atoms with E-state index in [1.807, 2.05) is 12.3 Å². The molecule has 5 nitrogen and oxygen atoms in total. The fraction of sp³-hybridized carbons (Fsp3) is 0.357. The number of benzene rings is 1. The first-order valence-electron chi connectivity index (χ1n) is 6.71. The highest BCUT2D eigenvalue weighted by molar-refractivity contribution is 7.89. The number of nitrogens with zero attached hydrogens (tertiary/aromatic N) is 1. The molecule has 1 aromatic heterocycles. The van der Waals surface area contributed by atoms with E-state index in [-0.39, 0.29) is 10.8 Å². The van der Waals surface area contributed by atoms with Gasteiger partial charge in [-0.2, -0.15) is 0 Å². The Labute approximate surface area is 129 Å². The second kappa shape index (κ2) is 7.13. The predicted octanol–water partition coefficient (Wildman–Crippen LogP) is 1.73. The highest BCUT2D eigenvalue weighted by Crippen LogP contribution is 2.18. The highest BCUT2D eigenvalue weighted by Gasteiger charge is 2.16. The molecule has 0 bridgehead atoms. The molecule has 0 aliphatic heterocycles. The molecule has 0 aliphatic rings. The van der Waals surface area contributed by atoms with Crippen LogP contribution in [0.5, 0.6) is 0 Å². The lowest BCUT2D eigenvalue weighted by molar-refractivity contribution is 0.574. The molecule has 2 aromatic rings. The van der Waals surface area contributed by atoms with E-state index in [2.05, 4.69) is 9.71 Å². The van der Waals surface area contributed by atoms with Crippen LogP contribution in [-0.2, 0) is 16.4 Å². The minimum absolute atomic E-state index is 0.0521. The van der Waals surface area contributed by atoms with Crippen LogP contribution in [0.25, 0.3) is 0 Å². The number of nitrogens with two attached hydrogens (primary N) is 1. The zero-order valence-electron chi connectivity index (χ0n) is 11.8. The third-order valence-corrected chi connectivity index (χ3v) is 5.57. The Morgan fingerprint density at radius 1 is 1.33 bits per heavy atom. The lowest BCUT2D eigenvalue weighted by atomic mass is 10.2. The summed E-state index contributed by atoms with van der Waals surface area (Å²) < 4.78 is 27.1. The average Bonchev–Trinajstić information content (AvgIpc) is 3.00. The van der Waals surface area contributed by atoms with E-state index in [1.165, 1.54) is 11.3 Å². The number of rotatable bonds is 7. The molecule has 0 saturated heterocycles. The number of sulfonamides is 1. The van der Waals surface area contributed by atoms with Crippen LogP contribution in [0.4, 0.5) is 0 Å². The molecule has 0 saturated carbocycles. The number of aromatic nitrogens is 1. The van der Waals surface area contributed by atoms with E-state index < -0.39 is 10.0 Å². The Morgan fingerprint density at radius 3 is 2.62 bits per heavy atom.